The summed E-state index contributed by atoms with van der Waals surface area (Å²) < 4.78 is 43.5. The summed E-state index contributed by atoms with van der Waals surface area (Å²) in [5.74, 6) is 0.406. The summed E-state index contributed by atoms with van der Waals surface area (Å²) in [5.41, 5.74) is 7.26. The molecule has 1 heterocycles. The molecule has 1 aliphatic carbocycles. The van der Waals surface area contributed by atoms with E-state index in [1.54, 1.807) is 12.4 Å². The summed E-state index contributed by atoms with van der Waals surface area (Å²) in [5, 5.41) is 0. The standard InChI is InChI=1S/C16H15F3N2O/c17-16(18,19)10-1-3-11(4-2-10)22-15-6-5-14(20)12-7-8-21-9-13(12)15/h1-4,7-9,14-15H,5-6,20H2. The van der Waals surface area contributed by atoms with E-state index in [1.165, 1.54) is 12.1 Å². The Labute approximate surface area is 125 Å². The number of ether oxygens (including phenoxy) is 1. The number of nitrogens with two attached hydrogens (primary N) is 1. The van der Waals surface area contributed by atoms with Crippen molar-refractivity contribution in [2.75, 3.05) is 0 Å². The lowest BCUT2D eigenvalue weighted by molar-refractivity contribution is -0.137. The van der Waals surface area contributed by atoms with Gasteiger partial charge in [-0.2, -0.15) is 13.2 Å². The number of benzene rings is 1. The fraction of sp³-hybridized carbons (Fsp3) is 0.312. The fourth-order valence-corrected chi connectivity index (χ4v) is 2.68. The molecule has 2 unspecified atom stereocenters. The third-order valence-electron chi connectivity index (χ3n) is 3.83. The first kappa shape index (κ1) is 14.8. The molecule has 0 amide bonds. The number of aromatic nitrogens is 1. The van der Waals surface area contributed by atoms with Crippen LogP contribution in [0.25, 0.3) is 0 Å². The fourth-order valence-electron chi connectivity index (χ4n) is 2.68. The van der Waals surface area contributed by atoms with Gasteiger partial charge in [-0.1, -0.05) is 0 Å². The lowest BCUT2D eigenvalue weighted by Crippen LogP contribution is -2.23. The van der Waals surface area contributed by atoms with Crippen molar-refractivity contribution >= 4 is 0 Å². The summed E-state index contributed by atoms with van der Waals surface area (Å²) in [7, 11) is 0. The Morgan fingerprint density at radius 2 is 1.77 bits per heavy atom. The molecular formula is C16H15F3N2O. The second-order valence-corrected chi connectivity index (χ2v) is 5.32. The predicted octanol–water partition coefficient (Wildman–Crippen LogP) is 4.01. The van der Waals surface area contributed by atoms with Gasteiger partial charge in [-0.05, 0) is 48.7 Å². The van der Waals surface area contributed by atoms with Crippen LogP contribution in [0.5, 0.6) is 5.75 Å². The van der Waals surface area contributed by atoms with Gasteiger partial charge >= 0.3 is 6.18 Å². The maximum Gasteiger partial charge on any atom is 0.416 e. The number of alkyl halides is 3. The normalized spacial score (nSPS) is 21.3. The number of hydrogen-bond acceptors (Lipinski definition) is 3. The highest BCUT2D eigenvalue weighted by atomic mass is 19.4. The van der Waals surface area contributed by atoms with Crippen LogP contribution >= 0.6 is 0 Å². The van der Waals surface area contributed by atoms with Gasteiger partial charge in [-0.3, -0.25) is 4.98 Å². The predicted molar refractivity (Wildman–Crippen MR) is 75.2 cm³/mol. The molecule has 2 N–H and O–H groups in total. The number of pyridine rings is 1. The van der Waals surface area contributed by atoms with E-state index in [9.17, 15) is 13.2 Å². The van der Waals surface area contributed by atoms with E-state index in [1.807, 2.05) is 6.07 Å². The zero-order valence-electron chi connectivity index (χ0n) is 11.7. The number of nitrogens with zero attached hydrogens (tertiary/aromatic N) is 1. The topological polar surface area (TPSA) is 48.1 Å². The average molecular weight is 308 g/mol. The minimum absolute atomic E-state index is 0.0505. The summed E-state index contributed by atoms with van der Waals surface area (Å²) in [6.07, 6.45) is 0.290. The first-order valence-electron chi connectivity index (χ1n) is 6.98. The Morgan fingerprint density at radius 1 is 1.05 bits per heavy atom. The monoisotopic (exact) mass is 308 g/mol. The third kappa shape index (κ3) is 2.92. The van der Waals surface area contributed by atoms with E-state index in [2.05, 4.69) is 4.98 Å². The van der Waals surface area contributed by atoms with Crippen LogP contribution in [0.4, 0.5) is 13.2 Å². The second kappa shape index (κ2) is 5.61. The molecule has 2 aromatic rings. The summed E-state index contributed by atoms with van der Waals surface area (Å²) >= 11 is 0. The summed E-state index contributed by atoms with van der Waals surface area (Å²) in [4.78, 5) is 4.09. The molecule has 3 nitrogen and oxygen atoms in total. The largest absolute Gasteiger partial charge is 0.486 e. The second-order valence-electron chi connectivity index (χ2n) is 5.32. The maximum absolute atomic E-state index is 12.6. The Morgan fingerprint density at radius 3 is 2.45 bits per heavy atom. The molecule has 22 heavy (non-hydrogen) atoms. The van der Waals surface area contributed by atoms with Gasteiger partial charge in [0, 0.05) is 24.0 Å². The molecule has 0 bridgehead atoms. The van der Waals surface area contributed by atoms with Gasteiger partial charge < -0.3 is 10.5 Å². The molecule has 0 saturated carbocycles. The van der Waals surface area contributed by atoms with E-state index in [4.69, 9.17) is 10.5 Å². The highest BCUT2D eigenvalue weighted by Gasteiger charge is 2.30. The van der Waals surface area contributed by atoms with Gasteiger partial charge in [0.15, 0.2) is 0 Å². The number of rotatable bonds is 2. The van der Waals surface area contributed by atoms with Gasteiger partial charge in [0.1, 0.15) is 11.9 Å². The van der Waals surface area contributed by atoms with Crippen LogP contribution in [-0.4, -0.2) is 4.98 Å². The Balaban J connectivity index is 1.81. The van der Waals surface area contributed by atoms with Crippen molar-refractivity contribution in [3.8, 4) is 5.75 Å². The molecule has 1 aliphatic rings. The molecule has 0 fully saturated rings. The van der Waals surface area contributed by atoms with Crippen LogP contribution in [-0.2, 0) is 6.18 Å². The van der Waals surface area contributed by atoms with Gasteiger partial charge in [0.2, 0.25) is 0 Å². The maximum atomic E-state index is 12.6. The summed E-state index contributed by atoms with van der Waals surface area (Å²) in [6.45, 7) is 0. The molecule has 2 atom stereocenters. The average Bonchev–Trinajstić information content (AvgIpc) is 2.50. The first-order chi connectivity index (χ1) is 10.4. The van der Waals surface area contributed by atoms with Crippen molar-refractivity contribution in [2.45, 2.75) is 31.2 Å². The van der Waals surface area contributed by atoms with E-state index in [0.717, 1.165) is 29.7 Å². The van der Waals surface area contributed by atoms with Crippen LogP contribution < -0.4 is 10.5 Å². The van der Waals surface area contributed by atoms with Crippen molar-refractivity contribution in [3.05, 3.63) is 59.4 Å². The lowest BCUT2D eigenvalue weighted by atomic mass is 9.87. The third-order valence-corrected chi connectivity index (χ3v) is 3.83. The minimum Gasteiger partial charge on any atom is -0.486 e. The zero-order valence-corrected chi connectivity index (χ0v) is 11.7. The van der Waals surface area contributed by atoms with Crippen molar-refractivity contribution in [1.82, 2.24) is 4.98 Å². The molecule has 1 aromatic heterocycles. The van der Waals surface area contributed by atoms with Crippen LogP contribution in [0, 0.1) is 0 Å². The van der Waals surface area contributed by atoms with Gasteiger partial charge in [0.05, 0.1) is 5.56 Å². The molecule has 3 rings (SSSR count). The number of hydrogen-bond donors (Lipinski definition) is 1. The van der Waals surface area contributed by atoms with Crippen molar-refractivity contribution in [1.29, 1.82) is 0 Å². The van der Waals surface area contributed by atoms with E-state index < -0.39 is 11.7 Å². The minimum atomic E-state index is -4.34. The van der Waals surface area contributed by atoms with Gasteiger partial charge in [0.25, 0.3) is 0 Å². The van der Waals surface area contributed by atoms with Gasteiger partial charge in [-0.25, -0.2) is 0 Å². The van der Waals surface area contributed by atoms with Gasteiger partial charge in [-0.15, -0.1) is 0 Å². The number of halogens is 3. The van der Waals surface area contributed by atoms with E-state index in [0.29, 0.717) is 12.2 Å². The van der Waals surface area contributed by atoms with Crippen molar-refractivity contribution in [2.24, 2.45) is 5.73 Å². The molecule has 0 radical (unpaired) electrons. The van der Waals surface area contributed by atoms with E-state index >= 15 is 0 Å². The van der Waals surface area contributed by atoms with Crippen molar-refractivity contribution < 1.29 is 17.9 Å². The zero-order chi connectivity index (χ0) is 15.7. The van der Waals surface area contributed by atoms with Crippen LogP contribution in [0.1, 0.15) is 41.7 Å². The highest BCUT2D eigenvalue weighted by molar-refractivity contribution is 5.34. The smallest absolute Gasteiger partial charge is 0.416 e. The van der Waals surface area contributed by atoms with Crippen LogP contribution in [0.2, 0.25) is 0 Å². The quantitative estimate of drug-likeness (QED) is 0.911. The Bertz CT molecular complexity index is 655. The SMILES string of the molecule is NC1CCC(Oc2ccc(C(F)(F)F)cc2)c2cnccc21. The Kier molecular flexibility index (Phi) is 3.78. The number of fused-ring (bicyclic) bond motifs is 1. The molecule has 0 spiro atoms. The molecular weight excluding hydrogens is 293 g/mol. The molecule has 1 aromatic carbocycles. The first-order valence-corrected chi connectivity index (χ1v) is 6.98. The Hall–Kier alpha value is -2.08. The molecule has 6 heteroatoms. The van der Waals surface area contributed by atoms with E-state index in [-0.39, 0.29) is 12.1 Å². The lowest BCUT2D eigenvalue weighted by Gasteiger charge is -2.29. The van der Waals surface area contributed by atoms with Crippen LogP contribution in [0.15, 0.2) is 42.7 Å². The molecule has 0 aliphatic heterocycles. The van der Waals surface area contributed by atoms with Crippen LogP contribution in [0.3, 0.4) is 0 Å². The molecule has 116 valence electrons. The molecule has 0 saturated heterocycles. The highest BCUT2D eigenvalue weighted by Crippen LogP contribution is 2.37. The van der Waals surface area contributed by atoms with Crippen molar-refractivity contribution in [3.63, 3.8) is 0 Å². The summed E-state index contributed by atoms with van der Waals surface area (Å²) in [6, 6.07) is 6.54.